The number of rotatable bonds is 10. The Labute approximate surface area is 129 Å². The molecule has 2 unspecified atom stereocenters. The summed E-state index contributed by atoms with van der Waals surface area (Å²) in [5.74, 6) is 0. The summed E-state index contributed by atoms with van der Waals surface area (Å²) in [4.78, 5) is 8.66. The number of unbranched alkanes of at least 4 members (excludes halogenated alkanes) is 2. The van der Waals surface area contributed by atoms with Crippen molar-refractivity contribution in [1.29, 1.82) is 0 Å². The van der Waals surface area contributed by atoms with Gasteiger partial charge in [0.2, 0.25) is 0 Å². The van der Waals surface area contributed by atoms with Crippen molar-refractivity contribution in [2.45, 2.75) is 46.0 Å². The molecule has 0 aromatic carbocycles. The summed E-state index contributed by atoms with van der Waals surface area (Å²) in [6.07, 6.45) is 18.8. The normalized spacial score (nSPS) is 29.8. The lowest BCUT2D eigenvalue weighted by Gasteiger charge is -2.31. The molecule has 0 amide bonds. The van der Waals surface area contributed by atoms with Crippen LogP contribution in [0.15, 0.2) is 34.8 Å². The Kier molecular flexibility index (Phi) is 5.88. The summed E-state index contributed by atoms with van der Waals surface area (Å²) in [5.41, 5.74) is 0. The highest BCUT2D eigenvalue weighted by Crippen LogP contribution is 2.18. The van der Waals surface area contributed by atoms with Crippen molar-refractivity contribution < 1.29 is 8.97 Å². The Morgan fingerprint density at radius 2 is 1.10 bits per heavy atom. The summed E-state index contributed by atoms with van der Waals surface area (Å²) in [5, 5.41) is 0. The van der Waals surface area contributed by atoms with Crippen LogP contribution in [0.2, 0.25) is 0 Å². The third-order valence-electron chi connectivity index (χ3n) is 4.50. The van der Waals surface area contributed by atoms with E-state index in [-0.39, 0.29) is 0 Å². The van der Waals surface area contributed by atoms with Gasteiger partial charge in [-0.1, -0.05) is 26.7 Å². The van der Waals surface area contributed by atoms with Crippen molar-refractivity contribution in [1.82, 2.24) is 0 Å². The van der Waals surface area contributed by atoms with Crippen LogP contribution in [0.1, 0.15) is 46.0 Å². The van der Waals surface area contributed by atoms with Crippen LogP contribution in [0.5, 0.6) is 0 Å². The number of nitrogens with zero attached hydrogens (tertiary/aromatic N) is 4. The second-order valence-corrected chi connectivity index (χ2v) is 6.29. The van der Waals surface area contributed by atoms with E-state index < -0.39 is 0 Å². The molecule has 21 heavy (non-hydrogen) atoms. The fourth-order valence-electron chi connectivity index (χ4n) is 3.08. The van der Waals surface area contributed by atoms with Gasteiger partial charge in [0, 0.05) is 6.42 Å². The van der Waals surface area contributed by atoms with Gasteiger partial charge in [-0.3, -0.25) is 8.97 Å². The highest BCUT2D eigenvalue weighted by Gasteiger charge is 2.29. The molecule has 2 rings (SSSR count). The van der Waals surface area contributed by atoms with Crippen LogP contribution in [0.3, 0.4) is 0 Å². The number of hydrogen-bond acceptors (Lipinski definition) is 2. The van der Waals surface area contributed by atoms with Gasteiger partial charge in [0.1, 0.15) is 12.4 Å². The van der Waals surface area contributed by atoms with Crippen molar-refractivity contribution in [3.05, 3.63) is 24.8 Å². The maximum Gasteiger partial charge on any atom is 0.194 e. The highest BCUT2D eigenvalue weighted by molar-refractivity contribution is 5.51. The maximum atomic E-state index is 4.33. The van der Waals surface area contributed by atoms with Crippen LogP contribution in [0.25, 0.3) is 0 Å². The van der Waals surface area contributed by atoms with Gasteiger partial charge in [-0.05, 0) is 12.8 Å². The van der Waals surface area contributed by atoms with E-state index in [9.17, 15) is 0 Å². The molecule has 0 spiro atoms. The van der Waals surface area contributed by atoms with E-state index >= 15 is 0 Å². The molecule has 0 N–H and O–H groups in total. The second-order valence-electron chi connectivity index (χ2n) is 6.29. The van der Waals surface area contributed by atoms with Crippen LogP contribution in [0, 0.1) is 0 Å². The summed E-state index contributed by atoms with van der Waals surface area (Å²) < 4.78 is 1.87. The van der Waals surface area contributed by atoms with Gasteiger partial charge in [0.25, 0.3) is 0 Å². The van der Waals surface area contributed by atoms with Gasteiger partial charge in [-0.2, -0.15) is 0 Å². The van der Waals surface area contributed by atoms with E-state index in [1.54, 1.807) is 0 Å². The first-order valence-corrected chi connectivity index (χ1v) is 8.41. The van der Waals surface area contributed by atoms with E-state index in [0.717, 1.165) is 22.1 Å². The maximum absolute atomic E-state index is 4.33. The van der Waals surface area contributed by atoms with Gasteiger partial charge in [0.05, 0.1) is 38.6 Å². The van der Waals surface area contributed by atoms with Gasteiger partial charge >= 0.3 is 0 Å². The minimum absolute atomic E-state index is 0.933. The predicted molar refractivity (Wildman–Crippen MR) is 89.7 cm³/mol. The fourth-order valence-corrected chi connectivity index (χ4v) is 3.08. The van der Waals surface area contributed by atoms with E-state index in [1.807, 2.05) is 12.4 Å². The van der Waals surface area contributed by atoms with Crippen LogP contribution < -0.4 is 0 Å². The average Bonchev–Trinajstić information content (AvgIpc) is 3.14. The smallest absolute Gasteiger partial charge is 0.194 e. The largest absolute Gasteiger partial charge is 0.253 e. The zero-order chi connectivity index (χ0) is 15.0. The Balaban J connectivity index is 1.86. The van der Waals surface area contributed by atoms with Crippen LogP contribution >= 0.6 is 0 Å². The molecule has 4 heteroatoms. The molecule has 0 aromatic heterocycles. The molecule has 2 atom stereocenters. The lowest BCUT2D eigenvalue weighted by molar-refractivity contribution is -0.801. The SMILES string of the molecule is CCCC[N+]1(CCC[N+]2(CCCC)C=CN=C2)C=CN=C1. The molecule has 0 aliphatic carbocycles. The highest BCUT2D eigenvalue weighted by atomic mass is 15.4. The topological polar surface area (TPSA) is 24.7 Å². The first-order chi connectivity index (χ1) is 10.2. The van der Waals surface area contributed by atoms with Gasteiger partial charge in [-0.15, -0.1) is 0 Å². The summed E-state index contributed by atoms with van der Waals surface area (Å²) in [7, 11) is 0. The Morgan fingerprint density at radius 3 is 1.43 bits per heavy atom. The lowest BCUT2D eigenvalue weighted by atomic mass is 10.2. The third-order valence-corrected chi connectivity index (χ3v) is 4.50. The van der Waals surface area contributed by atoms with E-state index in [1.165, 1.54) is 45.2 Å². The molecule has 0 saturated heterocycles. The van der Waals surface area contributed by atoms with Gasteiger partial charge in [-0.25, -0.2) is 9.98 Å². The van der Waals surface area contributed by atoms with E-state index in [2.05, 4.69) is 48.9 Å². The molecule has 116 valence electrons. The average molecular weight is 290 g/mol. The van der Waals surface area contributed by atoms with Crippen molar-refractivity contribution >= 4 is 12.7 Å². The first kappa shape index (κ1) is 16.1. The molecule has 2 heterocycles. The van der Waals surface area contributed by atoms with Crippen molar-refractivity contribution in [3.8, 4) is 0 Å². The predicted octanol–water partition coefficient (Wildman–Crippen LogP) is 3.64. The minimum Gasteiger partial charge on any atom is -0.253 e. The Bertz CT molecular complexity index is 370. The van der Waals surface area contributed by atoms with E-state index in [0.29, 0.717) is 0 Å². The zero-order valence-electron chi connectivity index (χ0n) is 13.6. The number of aliphatic imine (C=N–C) groups is 2. The number of quaternary nitrogens is 2. The van der Waals surface area contributed by atoms with Gasteiger partial charge < -0.3 is 0 Å². The Morgan fingerprint density at radius 1 is 0.667 bits per heavy atom. The third kappa shape index (κ3) is 4.35. The summed E-state index contributed by atoms with van der Waals surface area (Å²) >= 11 is 0. The van der Waals surface area contributed by atoms with Crippen molar-refractivity contribution in [2.75, 3.05) is 26.2 Å². The van der Waals surface area contributed by atoms with Crippen molar-refractivity contribution in [3.63, 3.8) is 0 Å². The molecular weight excluding hydrogens is 260 g/mol. The fraction of sp³-hybridized carbons (Fsp3) is 0.647. The van der Waals surface area contributed by atoms with Crippen LogP contribution in [-0.4, -0.2) is 47.8 Å². The molecule has 0 fully saturated rings. The Hall–Kier alpha value is -1.26. The minimum atomic E-state index is 0.933. The van der Waals surface area contributed by atoms with Crippen molar-refractivity contribution in [2.24, 2.45) is 9.98 Å². The zero-order valence-corrected chi connectivity index (χ0v) is 13.6. The quantitative estimate of drug-likeness (QED) is 0.549. The number of hydrogen-bond donors (Lipinski definition) is 0. The molecular formula is C17H30N4+2. The molecule has 0 saturated carbocycles. The first-order valence-electron chi connectivity index (χ1n) is 8.41. The molecule has 2 aliphatic heterocycles. The monoisotopic (exact) mass is 290 g/mol. The molecule has 2 aliphatic rings. The molecule has 4 nitrogen and oxygen atoms in total. The van der Waals surface area contributed by atoms with Gasteiger partial charge in [0.15, 0.2) is 12.7 Å². The van der Waals surface area contributed by atoms with Crippen LogP contribution in [0.4, 0.5) is 0 Å². The molecule has 0 radical (unpaired) electrons. The summed E-state index contributed by atoms with van der Waals surface area (Å²) in [6, 6.07) is 0. The van der Waals surface area contributed by atoms with E-state index in [4.69, 9.17) is 0 Å². The molecule has 0 aromatic rings. The van der Waals surface area contributed by atoms with Crippen LogP contribution in [-0.2, 0) is 0 Å². The second kappa shape index (κ2) is 7.66. The molecule has 0 bridgehead atoms. The lowest BCUT2D eigenvalue weighted by Crippen LogP contribution is -2.46. The standard InChI is InChI=1S/C17H30N4/c1-3-5-10-20(14-8-18-16-20)12-7-13-21(11-6-4-2)15-9-19-17-21/h8-9,14-17H,3-7,10-13H2,1-2H3/q+2. The summed E-state index contributed by atoms with van der Waals surface area (Å²) in [6.45, 7) is 9.15.